The summed E-state index contributed by atoms with van der Waals surface area (Å²) >= 11 is 0. The molecule has 0 spiro atoms. The third-order valence-corrected chi connectivity index (χ3v) is 5.76. The van der Waals surface area contributed by atoms with Gasteiger partial charge in [-0.1, -0.05) is 30.3 Å². The van der Waals surface area contributed by atoms with Crippen molar-refractivity contribution >= 4 is 16.9 Å². The van der Waals surface area contributed by atoms with E-state index in [-0.39, 0.29) is 11.9 Å². The lowest BCUT2D eigenvalue weighted by molar-refractivity contribution is 0.0940. The van der Waals surface area contributed by atoms with E-state index in [1.807, 2.05) is 79.7 Å². The van der Waals surface area contributed by atoms with Gasteiger partial charge in [0.15, 0.2) is 5.65 Å². The number of carbonyl (C=O) groups excluding carboxylic acids is 1. The van der Waals surface area contributed by atoms with Crippen molar-refractivity contribution in [1.82, 2.24) is 25.0 Å². The summed E-state index contributed by atoms with van der Waals surface area (Å²) in [5, 5.41) is 8.26. The zero-order chi connectivity index (χ0) is 23.5. The smallest absolute Gasteiger partial charge is 0.252 e. The van der Waals surface area contributed by atoms with Gasteiger partial charge in [-0.2, -0.15) is 5.10 Å². The van der Waals surface area contributed by atoms with Gasteiger partial charge in [0.2, 0.25) is 0 Å². The molecule has 0 aliphatic heterocycles. The van der Waals surface area contributed by atoms with Crippen LogP contribution < -0.4 is 5.32 Å². The zero-order valence-corrected chi connectivity index (χ0v) is 19.0. The molecule has 1 N–H and O–H groups in total. The lowest BCUT2D eigenvalue weighted by Crippen LogP contribution is -2.34. The third-order valence-electron chi connectivity index (χ3n) is 5.76. The summed E-state index contributed by atoms with van der Waals surface area (Å²) in [7, 11) is 3.91. The molecule has 0 bridgehead atoms. The highest BCUT2D eigenvalue weighted by Crippen LogP contribution is 2.26. The molecule has 5 rings (SSSR count). The molecule has 8 nitrogen and oxygen atoms in total. The van der Waals surface area contributed by atoms with Gasteiger partial charge in [0.25, 0.3) is 5.91 Å². The first-order valence-corrected chi connectivity index (χ1v) is 11.0. The highest BCUT2D eigenvalue weighted by Gasteiger charge is 2.21. The standard InChI is InChI=1S/C26H25N5O3/c1-30(2)23(24-11-7-13-34-24)16-27-26(32)20-14-22(18-8-4-3-5-9-18)29-25-21(20)15-28-31(25)17-19-10-6-12-33-19/h3-15,23H,16-17H2,1-2H3,(H,27,32). The van der Waals surface area contributed by atoms with E-state index in [0.717, 1.165) is 17.1 Å². The quantitative estimate of drug-likeness (QED) is 0.374. The van der Waals surface area contributed by atoms with E-state index in [1.54, 1.807) is 23.4 Å². The van der Waals surface area contributed by atoms with Gasteiger partial charge in [-0.05, 0) is 44.4 Å². The molecular formula is C26H25N5O3. The monoisotopic (exact) mass is 455 g/mol. The highest BCUT2D eigenvalue weighted by molar-refractivity contribution is 6.06. The SMILES string of the molecule is CN(C)C(CNC(=O)c1cc(-c2ccccc2)nc2c1cnn2Cc1ccco1)c1ccco1. The second-order valence-corrected chi connectivity index (χ2v) is 8.24. The predicted molar refractivity (Wildman–Crippen MR) is 128 cm³/mol. The molecule has 0 saturated carbocycles. The minimum absolute atomic E-state index is 0.0912. The van der Waals surface area contributed by atoms with Gasteiger partial charge in [0.1, 0.15) is 18.1 Å². The van der Waals surface area contributed by atoms with Crippen LogP contribution in [0.2, 0.25) is 0 Å². The van der Waals surface area contributed by atoms with Crippen molar-refractivity contribution < 1.29 is 13.6 Å². The molecule has 0 aliphatic carbocycles. The Morgan fingerprint density at radius 2 is 1.85 bits per heavy atom. The summed E-state index contributed by atoms with van der Waals surface area (Å²) in [5.41, 5.74) is 2.77. The van der Waals surface area contributed by atoms with Gasteiger partial charge in [-0.25, -0.2) is 9.67 Å². The summed E-state index contributed by atoms with van der Waals surface area (Å²) in [5.74, 6) is 1.36. The van der Waals surface area contributed by atoms with Crippen LogP contribution in [0.1, 0.15) is 27.9 Å². The molecule has 34 heavy (non-hydrogen) atoms. The number of aromatic nitrogens is 3. The Morgan fingerprint density at radius 1 is 1.06 bits per heavy atom. The van der Waals surface area contributed by atoms with Gasteiger partial charge in [0.05, 0.1) is 41.4 Å². The number of benzene rings is 1. The first kappa shape index (κ1) is 21.7. The van der Waals surface area contributed by atoms with Crippen LogP contribution in [0.3, 0.4) is 0 Å². The number of amides is 1. The fourth-order valence-corrected chi connectivity index (χ4v) is 3.96. The van der Waals surface area contributed by atoms with Crippen molar-refractivity contribution in [3.05, 3.63) is 96.5 Å². The molecule has 1 atom stereocenters. The largest absolute Gasteiger partial charge is 0.468 e. The first-order chi connectivity index (χ1) is 16.6. The minimum atomic E-state index is -0.194. The van der Waals surface area contributed by atoms with Crippen LogP contribution in [0.4, 0.5) is 0 Å². The van der Waals surface area contributed by atoms with Crippen molar-refractivity contribution in [1.29, 1.82) is 0 Å². The van der Waals surface area contributed by atoms with Crippen LogP contribution in [0, 0.1) is 0 Å². The van der Waals surface area contributed by atoms with Crippen LogP contribution in [-0.4, -0.2) is 46.2 Å². The molecule has 4 heterocycles. The summed E-state index contributed by atoms with van der Waals surface area (Å²) in [6.45, 7) is 0.814. The highest BCUT2D eigenvalue weighted by atomic mass is 16.3. The van der Waals surface area contributed by atoms with Crippen molar-refractivity contribution in [2.75, 3.05) is 20.6 Å². The second kappa shape index (κ2) is 9.36. The van der Waals surface area contributed by atoms with E-state index in [9.17, 15) is 4.79 Å². The zero-order valence-electron chi connectivity index (χ0n) is 19.0. The molecule has 1 amide bonds. The lowest BCUT2D eigenvalue weighted by Gasteiger charge is -2.22. The molecule has 8 heteroatoms. The number of nitrogens with zero attached hydrogens (tertiary/aromatic N) is 4. The van der Waals surface area contributed by atoms with Crippen LogP contribution in [-0.2, 0) is 6.54 Å². The fraction of sp³-hybridized carbons (Fsp3) is 0.192. The van der Waals surface area contributed by atoms with E-state index < -0.39 is 0 Å². The number of furan rings is 2. The molecule has 172 valence electrons. The van der Waals surface area contributed by atoms with Gasteiger partial charge in [0, 0.05) is 12.1 Å². The number of nitrogens with one attached hydrogen (secondary N) is 1. The lowest BCUT2D eigenvalue weighted by atomic mass is 10.1. The first-order valence-electron chi connectivity index (χ1n) is 11.0. The Morgan fingerprint density at radius 3 is 2.56 bits per heavy atom. The van der Waals surface area contributed by atoms with Crippen LogP contribution in [0.25, 0.3) is 22.3 Å². The van der Waals surface area contributed by atoms with Gasteiger partial charge in [-0.3, -0.25) is 9.69 Å². The number of hydrogen-bond donors (Lipinski definition) is 1. The van der Waals surface area contributed by atoms with Crippen LogP contribution >= 0.6 is 0 Å². The number of fused-ring (bicyclic) bond motifs is 1. The van der Waals surface area contributed by atoms with Gasteiger partial charge < -0.3 is 14.2 Å². The molecule has 1 aromatic carbocycles. The summed E-state index contributed by atoms with van der Waals surface area (Å²) in [4.78, 5) is 20.3. The van der Waals surface area contributed by atoms with Crippen molar-refractivity contribution in [2.24, 2.45) is 0 Å². The number of rotatable bonds is 8. The number of hydrogen-bond acceptors (Lipinski definition) is 6. The molecule has 0 fully saturated rings. The molecule has 0 aliphatic rings. The maximum atomic E-state index is 13.4. The van der Waals surface area contributed by atoms with Crippen LogP contribution in [0.5, 0.6) is 0 Å². The van der Waals surface area contributed by atoms with E-state index in [4.69, 9.17) is 13.8 Å². The summed E-state index contributed by atoms with van der Waals surface area (Å²) in [6, 6.07) is 19.0. The Kier molecular flexibility index (Phi) is 5.97. The van der Waals surface area contributed by atoms with E-state index in [2.05, 4.69) is 10.4 Å². The average molecular weight is 456 g/mol. The van der Waals surface area contributed by atoms with Crippen molar-refractivity contribution in [3.8, 4) is 11.3 Å². The van der Waals surface area contributed by atoms with Gasteiger partial charge in [-0.15, -0.1) is 0 Å². The number of carbonyl (C=O) groups is 1. The Hall–Kier alpha value is -4.17. The molecular weight excluding hydrogens is 430 g/mol. The molecule has 4 aromatic heterocycles. The van der Waals surface area contributed by atoms with Crippen molar-refractivity contribution in [2.45, 2.75) is 12.6 Å². The number of likely N-dealkylation sites (N-methyl/N-ethyl adjacent to an activating group) is 1. The number of pyridine rings is 1. The topological polar surface area (TPSA) is 89.3 Å². The normalized spacial score (nSPS) is 12.3. The van der Waals surface area contributed by atoms with E-state index >= 15 is 0 Å². The maximum absolute atomic E-state index is 13.4. The molecule has 1 unspecified atom stereocenters. The minimum Gasteiger partial charge on any atom is -0.468 e. The molecule has 0 saturated heterocycles. The fourth-order valence-electron chi connectivity index (χ4n) is 3.96. The van der Waals surface area contributed by atoms with Crippen LogP contribution in [0.15, 0.2) is 88.2 Å². The Bertz CT molecular complexity index is 1370. The third kappa shape index (κ3) is 4.35. The predicted octanol–water partition coefficient (Wildman–Crippen LogP) is 4.37. The average Bonchev–Trinajstić information content (AvgIpc) is 3.62. The maximum Gasteiger partial charge on any atom is 0.252 e. The van der Waals surface area contributed by atoms with Crippen molar-refractivity contribution in [3.63, 3.8) is 0 Å². The Balaban J connectivity index is 1.51. The Labute approximate surface area is 196 Å². The van der Waals surface area contributed by atoms with Gasteiger partial charge >= 0.3 is 0 Å². The molecule has 5 aromatic rings. The van der Waals surface area contributed by atoms with E-state index in [0.29, 0.717) is 35.4 Å². The molecule has 0 radical (unpaired) electrons. The second-order valence-electron chi connectivity index (χ2n) is 8.24. The van der Waals surface area contributed by atoms with E-state index in [1.165, 1.54) is 0 Å². The summed E-state index contributed by atoms with van der Waals surface area (Å²) in [6.07, 6.45) is 4.95. The summed E-state index contributed by atoms with van der Waals surface area (Å²) < 4.78 is 12.8.